The minimum absolute atomic E-state index is 0.102. The lowest BCUT2D eigenvalue weighted by molar-refractivity contribution is -0.161. The van der Waals surface area contributed by atoms with E-state index in [4.69, 9.17) is 37.0 Å². The quantitative estimate of drug-likeness (QED) is 0.0169. The number of carbonyl (C=O) groups is 4. The van der Waals surface area contributed by atoms with Gasteiger partial charge in [0.2, 0.25) is 0 Å². The molecule has 0 spiro atoms. The summed E-state index contributed by atoms with van der Waals surface area (Å²) in [7, 11) is -9.93. The summed E-state index contributed by atoms with van der Waals surface area (Å²) in [5.41, 5.74) is 0. The first-order valence-corrected chi connectivity index (χ1v) is 43.4. The van der Waals surface area contributed by atoms with Gasteiger partial charge in [-0.2, -0.15) is 0 Å². The second kappa shape index (κ2) is 71.5. The highest BCUT2D eigenvalue weighted by molar-refractivity contribution is 7.47. The fourth-order valence-corrected chi connectivity index (χ4v) is 13.3. The molecule has 2 unspecified atom stereocenters. The fraction of sp³-hybridized carbons (Fsp3) is 0.899. The Kier molecular flexibility index (Phi) is 69.7. The number of esters is 4. The van der Waals surface area contributed by atoms with E-state index in [-0.39, 0.29) is 25.7 Å². The van der Waals surface area contributed by atoms with Gasteiger partial charge in [0.15, 0.2) is 12.2 Å². The Labute approximate surface area is 599 Å². The normalized spacial score (nSPS) is 14.1. The lowest BCUT2D eigenvalue weighted by atomic mass is 10.0. The smallest absolute Gasteiger partial charge is 0.462 e. The van der Waals surface area contributed by atoms with Crippen LogP contribution in [0, 0.1) is 5.92 Å². The number of carbonyl (C=O) groups excluding carboxylic acids is 4. The minimum atomic E-state index is -4.97. The Morgan fingerprint density at radius 2 is 0.551 bits per heavy atom. The Balaban J connectivity index is 5.30. The highest BCUT2D eigenvalue weighted by atomic mass is 31.2. The van der Waals surface area contributed by atoms with E-state index in [2.05, 4.69) is 58.9 Å². The van der Waals surface area contributed by atoms with Gasteiger partial charge < -0.3 is 33.8 Å². The molecular weight excluding hydrogens is 1280 g/mol. The molecule has 0 amide bonds. The average Bonchev–Trinajstić information content (AvgIpc) is 1.00. The largest absolute Gasteiger partial charge is 0.472 e. The summed E-state index contributed by atoms with van der Waals surface area (Å²) in [6, 6.07) is 0. The molecule has 0 aromatic rings. The summed E-state index contributed by atoms with van der Waals surface area (Å²) in [5.74, 6) is -1.38. The molecule has 0 fully saturated rings. The first kappa shape index (κ1) is 95.5. The lowest BCUT2D eigenvalue weighted by Gasteiger charge is -2.21. The molecule has 0 saturated carbocycles. The molecule has 0 aromatic heterocycles. The Morgan fingerprint density at radius 3 is 0.837 bits per heavy atom. The predicted octanol–water partition coefficient (Wildman–Crippen LogP) is 23.2. The third kappa shape index (κ3) is 71.9. The lowest BCUT2D eigenvalue weighted by Crippen LogP contribution is -2.30. The van der Waals surface area contributed by atoms with Crippen LogP contribution in [0.25, 0.3) is 0 Å². The van der Waals surface area contributed by atoms with E-state index in [0.717, 1.165) is 115 Å². The van der Waals surface area contributed by atoms with E-state index in [1.807, 2.05) is 0 Å². The van der Waals surface area contributed by atoms with Crippen LogP contribution >= 0.6 is 15.6 Å². The number of hydrogen-bond donors (Lipinski definition) is 3. The maximum atomic E-state index is 13.1. The zero-order chi connectivity index (χ0) is 71.9. The fourth-order valence-electron chi connectivity index (χ4n) is 11.7. The number of phosphoric ester groups is 2. The highest BCUT2D eigenvalue weighted by Gasteiger charge is 2.30. The van der Waals surface area contributed by atoms with Gasteiger partial charge in [-0.05, 0) is 57.3 Å². The minimum Gasteiger partial charge on any atom is -0.462 e. The van der Waals surface area contributed by atoms with Crippen LogP contribution in [-0.2, 0) is 65.4 Å². The molecule has 0 aliphatic carbocycles. The topological polar surface area (TPSA) is 237 Å². The van der Waals surface area contributed by atoms with Crippen LogP contribution in [0.5, 0.6) is 0 Å². The first-order chi connectivity index (χ1) is 47.5. The van der Waals surface area contributed by atoms with Crippen LogP contribution in [0.4, 0.5) is 0 Å². The zero-order valence-corrected chi connectivity index (χ0v) is 65.2. The van der Waals surface area contributed by atoms with Gasteiger partial charge in [-0.15, -0.1) is 0 Å². The van der Waals surface area contributed by atoms with Gasteiger partial charge in [-0.1, -0.05) is 341 Å². The van der Waals surface area contributed by atoms with Crippen molar-refractivity contribution in [1.29, 1.82) is 0 Å². The monoisotopic (exact) mass is 1430 g/mol. The summed E-state index contributed by atoms with van der Waals surface area (Å²) in [4.78, 5) is 73.0. The van der Waals surface area contributed by atoms with E-state index in [0.29, 0.717) is 25.7 Å². The van der Waals surface area contributed by atoms with Crippen molar-refractivity contribution in [3.05, 3.63) is 24.3 Å². The molecule has 98 heavy (non-hydrogen) atoms. The van der Waals surface area contributed by atoms with Crippen molar-refractivity contribution >= 4 is 39.5 Å². The molecule has 5 atom stereocenters. The van der Waals surface area contributed by atoms with Crippen LogP contribution in [0.3, 0.4) is 0 Å². The van der Waals surface area contributed by atoms with E-state index in [9.17, 15) is 43.2 Å². The summed E-state index contributed by atoms with van der Waals surface area (Å²) >= 11 is 0. The standard InChI is InChI=1S/C79H150O17P2/c1-6-9-12-15-18-21-24-27-30-32-35-38-45-50-55-60-65-79(84)95-74(68-89-76(81)62-57-52-47-42-36-34-31-28-25-22-19-16-13-10-7-2)70-93-97(85,86)91-66-73(80)67-92-98(87,88)94-71-75(69-90-77(82)63-58-53-48-43-40-39-41-46-51-56-61-72(4)5)96-78(83)64-59-54-49-44-37-33-29-26-23-20-17-14-11-8-3/h22,25,28,31,72-75,80H,6-21,23-24,26-27,29-30,32-71H2,1-5H3,(H,85,86)(H,87,88)/b25-22-,31-28-/t73-,74-,75-/m1/s1. The van der Waals surface area contributed by atoms with Crippen LogP contribution in [-0.4, -0.2) is 96.7 Å². The summed E-state index contributed by atoms with van der Waals surface area (Å²) < 4.78 is 68.6. The van der Waals surface area contributed by atoms with Crippen molar-refractivity contribution in [2.24, 2.45) is 5.92 Å². The molecule has 0 saturated heterocycles. The molecule has 0 radical (unpaired) electrons. The van der Waals surface area contributed by atoms with Gasteiger partial charge in [0.25, 0.3) is 0 Å². The molecule has 17 nitrogen and oxygen atoms in total. The van der Waals surface area contributed by atoms with Gasteiger partial charge in [0.1, 0.15) is 19.3 Å². The van der Waals surface area contributed by atoms with Crippen molar-refractivity contribution in [3.8, 4) is 0 Å². The van der Waals surface area contributed by atoms with E-state index in [1.54, 1.807) is 0 Å². The molecule has 19 heteroatoms. The number of unbranched alkanes of at least 4 members (excludes halogenated alkanes) is 46. The van der Waals surface area contributed by atoms with Gasteiger partial charge in [-0.3, -0.25) is 37.3 Å². The second-order valence-electron chi connectivity index (χ2n) is 28.2. The molecule has 0 aromatic carbocycles. The van der Waals surface area contributed by atoms with Gasteiger partial charge in [0, 0.05) is 25.7 Å². The maximum absolute atomic E-state index is 13.1. The maximum Gasteiger partial charge on any atom is 0.472 e. The number of rotatable bonds is 77. The van der Waals surface area contributed by atoms with Gasteiger partial charge in [-0.25, -0.2) is 9.13 Å². The van der Waals surface area contributed by atoms with Crippen molar-refractivity contribution in [1.82, 2.24) is 0 Å². The molecule has 0 rings (SSSR count). The second-order valence-corrected chi connectivity index (χ2v) is 31.2. The molecule has 3 N–H and O–H groups in total. The highest BCUT2D eigenvalue weighted by Crippen LogP contribution is 2.45. The zero-order valence-electron chi connectivity index (χ0n) is 63.4. The number of aliphatic hydroxyl groups is 1. The van der Waals surface area contributed by atoms with Crippen LogP contribution in [0.1, 0.15) is 394 Å². The SMILES string of the molecule is CCCCCC/C=C\C=C/CCCCCCCC(=O)OC[C@H](COP(=O)(O)OC[C@@H](O)COP(=O)(O)OC[C@@H](COC(=O)CCCCCCCCCCCCC(C)C)OC(=O)CCCCCCCCCCCCCCCC)OC(=O)CCCCCCCCCCCCCCCCCC. The average molecular weight is 1430 g/mol. The van der Waals surface area contributed by atoms with Gasteiger partial charge >= 0.3 is 39.5 Å². The molecule has 0 heterocycles. The number of phosphoric acid groups is 2. The molecular formula is C79H150O17P2. The van der Waals surface area contributed by atoms with E-state index in [1.165, 1.54) is 199 Å². The number of hydrogen-bond acceptors (Lipinski definition) is 15. The Bertz CT molecular complexity index is 1970. The van der Waals surface area contributed by atoms with Crippen molar-refractivity contribution < 1.29 is 80.2 Å². The first-order valence-electron chi connectivity index (χ1n) is 40.5. The summed E-state index contributed by atoms with van der Waals surface area (Å²) in [5, 5.41) is 10.6. The predicted molar refractivity (Wildman–Crippen MR) is 400 cm³/mol. The molecule has 0 aliphatic rings. The van der Waals surface area contributed by atoms with Gasteiger partial charge in [0.05, 0.1) is 26.4 Å². The molecule has 0 aliphatic heterocycles. The van der Waals surface area contributed by atoms with Crippen molar-refractivity contribution in [3.63, 3.8) is 0 Å². The third-order valence-corrected chi connectivity index (χ3v) is 19.8. The Hall–Kier alpha value is -2.46. The summed E-state index contributed by atoms with van der Waals surface area (Å²) in [6.07, 6.45) is 64.4. The van der Waals surface area contributed by atoms with Crippen LogP contribution in [0.15, 0.2) is 24.3 Å². The Morgan fingerprint density at radius 1 is 0.316 bits per heavy atom. The number of allylic oxidation sites excluding steroid dienone is 4. The third-order valence-electron chi connectivity index (χ3n) is 17.9. The molecule has 578 valence electrons. The van der Waals surface area contributed by atoms with E-state index >= 15 is 0 Å². The van der Waals surface area contributed by atoms with Crippen molar-refractivity contribution in [2.45, 2.75) is 412 Å². The number of aliphatic hydroxyl groups excluding tert-OH is 1. The van der Waals surface area contributed by atoms with Crippen molar-refractivity contribution in [2.75, 3.05) is 39.6 Å². The van der Waals surface area contributed by atoms with Crippen LogP contribution < -0.4 is 0 Å². The number of ether oxygens (including phenoxy) is 4. The van der Waals surface area contributed by atoms with E-state index < -0.39 is 97.5 Å². The van der Waals surface area contributed by atoms with Crippen LogP contribution in [0.2, 0.25) is 0 Å². The molecule has 0 bridgehead atoms. The summed E-state index contributed by atoms with van der Waals surface area (Å²) in [6.45, 7) is 7.25.